The largest absolute Gasteiger partial charge is 0.323 e. The fourth-order valence-corrected chi connectivity index (χ4v) is 3.79. The summed E-state index contributed by atoms with van der Waals surface area (Å²) >= 11 is 2.33. The van der Waals surface area contributed by atoms with Crippen LogP contribution in [0.5, 0.6) is 0 Å². The summed E-state index contributed by atoms with van der Waals surface area (Å²) in [5.41, 5.74) is 2.81. The number of halogens is 1. The molecule has 0 atom stereocenters. The number of nitrogens with zero attached hydrogens (tertiary/aromatic N) is 2. The van der Waals surface area contributed by atoms with Crippen LogP contribution in [-0.2, 0) is 4.79 Å². The normalized spacial score (nSPS) is 10.5. The Morgan fingerprint density at radius 3 is 2.61 bits per heavy atom. The molecule has 0 aliphatic rings. The fourth-order valence-electron chi connectivity index (χ4n) is 2.25. The van der Waals surface area contributed by atoms with Crippen LogP contribution in [0, 0.1) is 19.7 Å². The lowest BCUT2D eigenvalue weighted by molar-refractivity contribution is -0.113. The minimum absolute atomic E-state index is 0.0497. The first-order chi connectivity index (χ1) is 13.4. The lowest BCUT2D eigenvalue weighted by Gasteiger charge is -2.05. The highest BCUT2D eigenvalue weighted by atomic mass is 32.2. The smallest absolute Gasteiger partial charge is 0.257 e. The van der Waals surface area contributed by atoms with Crippen molar-refractivity contribution in [2.45, 2.75) is 18.2 Å². The van der Waals surface area contributed by atoms with E-state index in [1.807, 2.05) is 26.0 Å². The van der Waals surface area contributed by atoms with Gasteiger partial charge in [0.15, 0.2) is 4.34 Å². The van der Waals surface area contributed by atoms with Crippen molar-refractivity contribution < 1.29 is 14.0 Å². The molecule has 0 aliphatic heterocycles. The molecule has 1 heterocycles. The maximum Gasteiger partial charge on any atom is 0.257 e. The Balaban J connectivity index is 1.54. The molecule has 1 aromatic heterocycles. The zero-order chi connectivity index (χ0) is 20.1. The highest BCUT2D eigenvalue weighted by molar-refractivity contribution is 8.01. The van der Waals surface area contributed by atoms with E-state index in [-0.39, 0.29) is 23.3 Å². The number of aromatic nitrogens is 2. The Morgan fingerprint density at radius 1 is 1.07 bits per heavy atom. The number of nitrogens with one attached hydrogen (secondary N) is 2. The average Bonchev–Trinajstić information content (AvgIpc) is 3.11. The van der Waals surface area contributed by atoms with Gasteiger partial charge in [-0.1, -0.05) is 41.3 Å². The van der Waals surface area contributed by atoms with Crippen molar-refractivity contribution in [2.75, 3.05) is 16.4 Å². The van der Waals surface area contributed by atoms with Crippen molar-refractivity contribution in [1.82, 2.24) is 10.2 Å². The van der Waals surface area contributed by atoms with Crippen molar-refractivity contribution in [3.63, 3.8) is 0 Å². The summed E-state index contributed by atoms with van der Waals surface area (Å²) in [4.78, 5) is 24.3. The number of para-hydroxylation sites is 1. The van der Waals surface area contributed by atoms with Crippen molar-refractivity contribution in [2.24, 2.45) is 0 Å². The standard InChI is InChI=1S/C19H17FN4O2S2/c1-11-7-8-13(9-12(11)2)17(26)22-18-23-24-19(28-18)27-10-16(25)21-15-6-4-3-5-14(15)20/h3-9H,10H2,1-2H3,(H,21,25)(H,22,23,26). The van der Waals surface area contributed by atoms with Crippen LogP contribution in [0.4, 0.5) is 15.2 Å². The Bertz CT molecular complexity index is 1020. The molecule has 144 valence electrons. The first kappa shape index (κ1) is 20.0. The van der Waals surface area contributed by atoms with Gasteiger partial charge in [0.25, 0.3) is 5.91 Å². The zero-order valence-corrected chi connectivity index (χ0v) is 16.8. The van der Waals surface area contributed by atoms with Crippen LogP contribution in [-0.4, -0.2) is 27.8 Å². The summed E-state index contributed by atoms with van der Waals surface area (Å²) in [6.45, 7) is 3.92. The van der Waals surface area contributed by atoms with Crippen molar-refractivity contribution in [3.05, 3.63) is 65.0 Å². The molecule has 0 saturated carbocycles. The van der Waals surface area contributed by atoms with E-state index < -0.39 is 5.82 Å². The van der Waals surface area contributed by atoms with Gasteiger partial charge in [-0.3, -0.25) is 14.9 Å². The maximum atomic E-state index is 13.5. The van der Waals surface area contributed by atoms with E-state index >= 15 is 0 Å². The second-order valence-electron chi connectivity index (χ2n) is 5.94. The van der Waals surface area contributed by atoms with E-state index in [0.717, 1.165) is 22.9 Å². The molecule has 28 heavy (non-hydrogen) atoms. The Labute approximate surface area is 169 Å². The Hall–Kier alpha value is -2.78. The van der Waals surface area contributed by atoms with Gasteiger partial charge in [-0.15, -0.1) is 10.2 Å². The Kier molecular flexibility index (Phi) is 6.37. The SMILES string of the molecule is Cc1ccc(C(=O)Nc2nnc(SCC(=O)Nc3ccccc3F)s2)cc1C. The molecule has 0 saturated heterocycles. The van der Waals surface area contributed by atoms with Crippen LogP contribution in [0.1, 0.15) is 21.5 Å². The van der Waals surface area contributed by atoms with Crippen molar-refractivity contribution in [1.29, 1.82) is 0 Å². The van der Waals surface area contributed by atoms with Crippen LogP contribution in [0.15, 0.2) is 46.8 Å². The third kappa shape index (κ3) is 5.14. The highest BCUT2D eigenvalue weighted by Gasteiger charge is 2.13. The van der Waals surface area contributed by atoms with E-state index in [9.17, 15) is 14.0 Å². The molecule has 3 rings (SSSR count). The lowest BCUT2D eigenvalue weighted by Crippen LogP contribution is -2.14. The summed E-state index contributed by atoms with van der Waals surface area (Å²) in [6, 6.07) is 11.4. The maximum absolute atomic E-state index is 13.5. The van der Waals surface area contributed by atoms with Gasteiger partial charge in [-0.2, -0.15) is 0 Å². The number of anilines is 2. The number of carbonyl (C=O) groups is 2. The molecule has 3 aromatic rings. The average molecular weight is 417 g/mol. The van der Waals surface area contributed by atoms with Crippen molar-refractivity contribution in [3.8, 4) is 0 Å². The first-order valence-electron chi connectivity index (χ1n) is 8.31. The predicted octanol–water partition coefficient (Wildman–Crippen LogP) is 4.28. The second kappa shape index (κ2) is 8.94. The molecule has 0 unspecified atom stereocenters. The molecule has 2 aromatic carbocycles. The van der Waals surface area contributed by atoms with Gasteiger partial charge in [0.1, 0.15) is 5.82 Å². The number of thioether (sulfide) groups is 1. The number of amides is 2. The molecule has 2 N–H and O–H groups in total. The van der Waals surface area contributed by atoms with Gasteiger partial charge in [-0.05, 0) is 49.2 Å². The van der Waals surface area contributed by atoms with E-state index in [4.69, 9.17) is 0 Å². The van der Waals surface area contributed by atoms with Gasteiger partial charge in [-0.25, -0.2) is 4.39 Å². The number of carbonyl (C=O) groups excluding carboxylic acids is 2. The molecular weight excluding hydrogens is 399 g/mol. The van der Waals surface area contributed by atoms with E-state index in [0.29, 0.717) is 15.0 Å². The third-order valence-corrected chi connectivity index (χ3v) is 5.84. The van der Waals surface area contributed by atoms with Crippen molar-refractivity contribution >= 4 is 45.7 Å². The quantitative estimate of drug-likeness (QED) is 0.463. The van der Waals surface area contributed by atoms with E-state index in [1.54, 1.807) is 18.2 Å². The molecular formula is C19H17FN4O2S2. The topological polar surface area (TPSA) is 84.0 Å². The molecule has 0 radical (unpaired) electrons. The Morgan fingerprint density at radius 2 is 1.86 bits per heavy atom. The molecule has 0 fully saturated rings. The van der Waals surface area contributed by atoms with Gasteiger partial charge in [0.05, 0.1) is 11.4 Å². The number of rotatable bonds is 6. The fraction of sp³-hybridized carbons (Fsp3) is 0.158. The van der Waals surface area contributed by atoms with Gasteiger partial charge >= 0.3 is 0 Å². The molecule has 0 bridgehead atoms. The van der Waals surface area contributed by atoms with Crippen LogP contribution < -0.4 is 10.6 Å². The van der Waals surface area contributed by atoms with Gasteiger partial charge in [0.2, 0.25) is 11.0 Å². The number of hydrogen-bond donors (Lipinski definition) is 2. The number of hydrogen-bond acceptors (Lipinski definition) is 6. The first-order valence-corrected chi connectivity index (χ1v) is 10.1. The second-order valence-corrected chi connectivity index (χ2v) is 8.14. The molecule has 6 nitrogen and oxygen atoms in total. The minimum Gasteiger partial charge on any atom is -0.323 e. The monoisotopic (exact) mass is 416 g/mol. The summed E-state index contributed by atoms with van der Waals surface area (Å²) in [6.07, 6.45) is 0. The summed E-state index contributed by atoms with van der Waals surface area (Å²) in [5, 5.41) is 13.4. The van der Waals surface area contributed by atoms with Crippen LogP contribution in [0.2, 0.25) is 0 Å². The summed E-state index contributed by atoms with van der Waals surface area (Å²) in [7, 11) is 0. The zero-order valence-electron chi connectivity index (χ0n) is 15.2. The molecule has 2 amide bonds. The molecule has 0 spiro atoms. The third-order valence-electron chi connectivity index (χ3n) is 3.87. The number of benzene rings is 2. The highest BCUT2D eigenvalue weighted by Crippen LogP contribution is 2.26. The van der Waals surface area contributed by atoms with Gasteiger partial charge < -0.3 is 5.32 Å². The van der Waals surface area contributed by atoms with Gasteiger partial charge in [0, 0.05) is 5.56 Å². The summed E-state index contributed by atoms with van der Waals surface area (Å²) < 4.78 is 14.1. The van der Waals surface area contributed by atoms with E-state index in [1.165, 1.54) is 23.5 Å². The van der Waals surface area contributed by atoms with E-state index in [2.05, 4.69) is 20.8 Å². The minimum atomic E-state index is -0.492. The lowest BCUT2D eigenvalue weighted by atomic mass is 10.1. The molecule has 9 heteroatoms. The number of aryl methyl sites for hydroxylation is 2. The van der Waals surface area contributed by atoms with Crippen LogP contribution in [0.3, 0.4) is 0 Å². The molecule has 0 aliphatic carbocycles. The van der Waals surface area contributed by atoms with Crippen LogP contribution >= 0.6 is 23.1 Å². The summed E-state index contributed by atoms with van der Waals surface area (Å²) in [5.74, 6) is -1.07. The predicted molar refractivity (Wildman–Crippen MR) is 110 cm³/mol. The van der Waals surface area contributed by atoms with Crippen LogP contribution in [0.25, 0.3) is 0 Å².